The lowest BCUT2D eigenvalue weighted by Crippen LogP contribution is -2.62. The van der Waals surface area contributed by atoms with Gasteiger partial charge >= 0.3 is 0 Å². The molecule has 3 saturated carbocycles. The van der Waals surface area contributed by atoms with Gasteiger partial charge in [-0.2, -0.15) is 0 Å². The highest BCUT2D eigenvalue weighted by molar-refractivity contribution is 5.37. The van der Waals surface area contributed by atoms with Gasteiger partial charge in [0.2, 0.25) is 0 Å². The molecule has 176 valence electrons. The maximum absolute atomic E-state index is 11.9. The molecule has 31 heavy (non-hydrogen) atoms. The third-order valence-electron chi connectivity index (χ3n) is 8.57. The van der Waals surface area contributed by atoms with Crippen LogP contribution in [0.1, 0.15) is 91.9 Å². The Morgan fingerprint density at radius 1 is 1.19 bits per heavy atom. The molecule has 3 rings (SSSR count). The summed E-state index contributed by atoms with van der Waals surface area (Å²) in [7, 11) is 0. The summed E-state index contributed by atoms with van der Waals surface area (Å²) >= 11 is 0. The molecule has 0 radical (unpaired) electrons. The van der Waals surface area contributed by atoms with Gasteiger partial charge in [0.05, 0.1) is 23.4 Å². The third kappa shape index (κ3) is 4.73. The molecule has 0 saturated heterocycles. The second kappa shape index (κ2) is 9.13. The SMILES string of the molecule is C=C1CC[C@H](O)C/C1=C/C=C1\CCC[C@@]2(C)[C@H]1CC[C@]2(O)[C@@](C)(O)CC(O)CC(C)C. The molecular weight excluding hydrogens is 388 g/mol. The Balaban J connectivity index is 1.84. The molecule has 0 spiro atoms. The number of hydrogen-bond donors (Lipinski definition) is 4. The second-order valence-electron chi connectivity index (χ2n) is 11.4. The van der Waals surface area contributed by atoms with Crippen molar-refractivity contribution in [1.82, 2.24) is 0 Å². The van der Waals surface area contributed by atoms with E-state index in [9.17, 15) is 20.4 Å². The van der Waals surface area contributed by atoms with Gasteiger partial charge in [0.25, 0.3) is 0 Å². The number of aliphatic hydroxyl groups is 4. The topological polar surface area (TPSA) is 80.9 Å². The van der Waals surface area contributed by atoms with Crippen molar-refractivity contribution in [3.63, 3.8) is 0 Å². The first-order valence-corrected chi connectivity index (χ1v) is 12.3. The van der Waals surface area contributed by atoms with Gasteiger partial charge < -0.3 is 20.4 Å². The van der Waals surface area contributed by atoms with Crippen molar-refractivity contribution in [2.45, 2.75) is 115 Å². The number of fused-ring (bicyclic) bond motifs is 1. The maximum Gasteiger partial charge on any atom is 0.0990 e. The molecule has 4 N–H and O–H groups in total. The van der Waals surface area contributed by atoms with Crippen LogP contribution in [0.25, 0.3) is 0 Å². The van der Waals surface area contributed by atoms with E-state index in [0.29, 0.717) is 25.2 Å². The molecule has 3 fully saturated rings. The van der Waals surface area contributed by atoms with Crippen molar-refractivity contribution < 1.29 is 20.4 Å². The lowest BCUT2D eigenvalue weighted by Gasteiger charge is -2.53. The standard InChI is InChI=1S/C27H44O4/c1-18(2)15-23(29)17-26(5,30)27(31)14-12-24-20(7-6-13-25(24,27)4)9-10-21-16-22(28)11-8-19(21)3/h9-10,18,22-24,28-31H,3,6-8,11-17H2,1-2,4-5H3/b20-9+,21-10-/t22-,23?,24-,25-,26-,27+/m0/s1. The predicted molar refractivity (Wildman–Crippen MR) is 125 cm³/mol. The molecule has 0 bridgehead atoms. The van der Waals surface area contributed by atoms with Gasteiger partial charge in [-0.05, 0) is 82.1 Å². The highest BCUT2D eigenvalue weighted by atomic mass is 16.4. The number of aliphatic hydroxyl groups excluding tert-OH is 2. The van der Waals surface area contributed by atoms with Crippen molar-refractivity contribution in [2.24, 2.45) is 17.3 Å². The van der Waals surface area contributed by atoms with Gasteiger partial charge in [-0.15, -0.1) is 0 Å². The van der Waals surface area contributed by atoms with Crippen LogP contribution in [0.15, 0.2) is 35.5 Å². The van der Waals surface area contributed by atoms with E-state index in [4.69, 9.17) is 0 Å². The fourth-order valence-electron chi connectivity index (χ4n) is 6.79. The molecule has 0 aromatic rings. The Morgan fingerprint density at radius 2 is 1.90 bits per heavy atom. The van der Waals surface area contributed by atoms with E-state index in [0.717, 1.165) is 49.7 Å². The third-order valence-corrected chi connectivity index (χ3v) is 8.57. The lowest BCUT2D eigenvalue weighted by atomic mass is 9.57. The van der Waals surface area contributed by atoms with Crippen molar-refractivity contribution in [3.05, 3.63) is 35.5 Å². The summed E-state index contributed by atoms with van der Waals surface area (Å²) in [5.74, 6) is 0.566. The molecule has 0 amide bonds. The molecule has 3 aliphatic carbocycles. The summed E-state index contributed by atoms with van der Waals surface area (Å²) in [6.07, 6.45) is 10.8. The van der Waals surface area contributed by atoms with Crippen molar-refractivity contribution in [3.8, 4) is 0 Å². The Bertz CT molecular complexity index is 734. The van der Waals surface area contributed by atoms with Crippen LogP contribution in [0.4, 0.5) is 0 Å². The van der Waals surface area contributed by atoms with Crippen LogP contribution in [0.2, 0.25) is 0 Å². The van der Waals surface area contributed by atoms with Gasteiger partial charge in [-0.3, -0.25) is 0 Å². The van der Waals surface area contributed by atoms with Gasteiger partial charge in [0, 0.05) is 11.8 Å². The van der Waals surface area contributed by atoms with Crippen LogP contribution >= 0.6 is 0 Å². The fraction of sp³-hybridized carbons (Fsp3) is 0.778. The zero-order valence-corrected chi connectivity index (χ0v) is 20.0. The average molecular weight is 433 g/mol. The van der Waals surface area contributed by atoms with E-state index < -0.39 is 22.7 Å². The molecule has 0 heterocycles. The molecule has 0 aliphatic heterocycles. The minimum absolute atomic E-state index is 0.199. The van der Waals surface area contributed by atoms with E-state index in [2.05, 4.69) is 39.5 Å². The van der Waals surface area contributed by atoms with Gasteiger partial charge in [-0.1, -0.05) is 50.6 Å². The normalized spacial score (nSPS) is 39.7. The highest BCUT2D eigenvalue weighted by Crippen LogP contribution is 2.63. The van der Waals surface area contributed by atoms with E-state index in [1.165, 1.54) is 5.57 Å². The van der Waals surface area contributed by atoms with Crippen LogP contribution < -0.4 is 0 Å². The fourth-order valence-corrected chi connectivity index (χ4v) is 6.79. The zero-order valence-electron chi connectivity index (χ0n) is 20.0. The van der Waals surface area contributed by atoms with Crippen LogP contribution in [0, 0.1) is 17.3 Å². The summed E-state index contributed by atoms with van der Waals surface area (Å²) < 4.78 is 0. The second-order valence-corrected chi connectivity index (χ2v) is 11.4. The summed E-state index contributed by atoms with van der Waals surface area (Å²) in [6, 6.07) is 0. The maximum atomic E-state index is 11.9. The molecule has 3 aliphatic rings. The van der Waals surface area contributed by atoms with Gasteiger partial charge in [0.1, 0.15) is 0 Å². The van der Waals surface area contributed by atoms with E-state index in [1.54, 1.807) is 6.92 Å². The lowest BCUT2D eigenvalue weighted by molar-refractivity contribution is -0.211. The minimum atomic E-state index is -1.34. The van der Waals surface area contributed by atoms with Gasteiger partial charge in [0.15, 0.2) is 0 Å². The number of rotatable bonds is 6. The molecule has 0 aromatic heterocycles. The van der Waals surface area contributed by atoms with Crippen molar-refractivity contribution >= 4 is 0 Å². The van der Waals surface area contributed by atoms with Gasteiger partial charge in [-0.25, -0.2) is 0 Å². The summed E-state index contributed by atoms with van der Waals surface area (Å²) in [5, 5.41) is 43.9. The van der Waals surface area contributed by atoms with E-state index in [-0.39, 0.29) is 18.4 Å². The smallest absolute Gasteiger partial charge is 0.0990 e. The van der Waals surface area contributed by atoms with Crippen LogP contribution in [0.3, 0.4) is 0 Å². The molecule has 4 heteroatoms. The van der Waals surface area contributed by atoms with Crippen LogP contribution in [0.5, 0.6) is 0 Å². The summed E-state index contributed by atoms with van der Waals surface area (Å²) in [6.45, 7) is 12.2. The highest BCUT2D eigenvalue weighted by Gasteiger charge is 2.65. The largest absolute Gasteiger partial charge is 0.393 e. The van der Waals surface area contributed by atoms with Crippen molar-refractivity contribution in [1.29, 1.82) is 0 Å². The summed E-state index contributed by atoms with van der Waals surface area (Å²) in [5.41, 5.74) is 0.609. The van der Waals surface area contributed by atoms with Crippen LogP contribution in [-0.4, -0.2) is 43.8 Å². The summed E-state index contributed by atoms with van der Waals surface area (Å²) in [4.78, 5) is 0. The molecule has 6 atom stereocenters. The first-order chi connectivity index (χ1) is 14.4. The van der Waals surface area contributed by atoms with E-state index >= 15 is 0 Å². The Labute approximate surface area is 188 Å². The predicted octanol–water partition coefficient (Wildman–Crippen LogP) is 4.82. The van der Waals surface area contributed by atoms with E-state index in [1.807, 2.05) is 0 Å². The number of hydrogen-bond acceptors (Lipinski definition) is 4. The minimum Gasteiger partial charge on any atom is -0.393 e. The first kappa shape index (κ1) is 24.7. The molecule has 0 aromatic carbocycles. The monoisotopic (exact) mass is 432 g/mol. The molecular formula is C27H44O4. The van der Waals surface area contributed by atoms with Crippen LogP contribution in [-0.2, 0) is 0 Å². The Kier molecular flexibility index (Phi) is 7.27. The molecule has 1 unspecified atom stereocenters. The Hall–Kier alpha value is -0.940. The first-order valence-electron chi connectivity index (χ1n) is 12.3. The average Bonchev–Trinajstić information content (AvgIpc) is 2.94. The molecule has 4 nitrogen and oxygen atoms in total. The Morgan fingerprint density at radius 3 is 2.58 bits per heavy atom. The number of allylic oxidation sites excluding steroid dienone is 4. The quantitative estimate of drug-likeness (QED) is 0.485. The zero-order chi connectivity index (χ0) is 23.0. The van der Waals surface area contributed by atoms with Crippen molar-refractivity contribution in [2.75, 3.05) is 0 Å².